The van der Waals surface area contributed by atoms with Crippen molar-refractivity contribution in [3.05, 3.63) is 71.5 Å². The fraction of sp³-hybridized carbons (Fsp3) is 0.273. The third-order valence-electron chi connectivity index (χ3n) is 4.06. The van der Waals surface area contributed by atoms with E-state index in [0.29, 0.717) is 5.82 Å². The molecule has 0 amide bonds. The summed E-state index contributed by atoms with van der Waals surface area (Å²) in [7, 11) is 0. The number of hydrogen-bond donors (Lipinski definition) is 2. The SMILES string of the molecule is Cc1nc(NCc2ccccc2C)cc(Nc2ccc(OC(C)C)cc2)n1. The van der Waals surface area contributed by atoms with Crippen LogP contribution in [-0.4, -0.2) is 16.1 Å². The lowest BCUT2D eigenvalue weighted by Gasteiger charge is -2.12. The van der Waals surface area contributed by atoms with Gasteiger partial charge in [0.1, 0.15) is 23.2 Å². The molecule has 0 aliphatic rings. The molecule has 2 aromatic carbocycles. The molecule has 0 spiro atoms. The molecule has 3 rings (SSSR count). The van der Waals surface area contributed by atoms with E-state index in [1.165, 1.54) is 11.1 Å². The first-order valence-electron chi connectivity index (χ1n) is 9.17. The number of aryl methyl sites for hydroxylation is 2. The lowest BCUT2D eigenvalue weighted by Crippen LogP contribution is -2.06. The first-order valence-corrected chi connectivity index (χ1v) is 9.17. The van der Waals surface area contributed by atoms with Crippen molar-refractivity contribution in [2.45, 2.75) is 40.3 Å². The Labute approximate surface area is 160 Å². The Hall–Kier alpha value is -3.08. The molecular weight excluding hydrogens is 336 g/mol. The van der Waals surface area contributed by atoms with E-state index in [9.17, 15) is 0 Å². The molecule has 0 saturated heterocycles. The minimum atomic E-state index is 0.162. The lowest BCUT2D eigenvalue weighted by molar-refractivity contribution is 0.242. The van der Waals surface area contributed by atoms with Crippen LogP contribution in [0.1, 0.15) is 30.8 Å². The van der Waals surface area contributed by atoms with Crippen LogP contribution < -0.4 is 15.4 Å². The molecule has 5 nitrogen and oxygen atoms in total. The third kappa shape index (κ3) is 5.45. The van der Waals surface area contributed by atoms with E-state index in [1.54, 1.807) is 0 Å². The molecule has 0 unspecified atom stereocenters. The zero-order chi connectivity index (χ0) is 19.2. The van der Waals surface area contributed by atoms with Gasteiger partial charge in [-0.1, -0.05) is 24.3 Å². The summed E-state index contributed by atoms with van der Waals surface area (Å²) in [5.74, 6) is 3.13. The zero-order valence-corrected chi connectivity index (χ0v) is 16.3. The van der Waals surface area contributed by atoms with Gasteiger partial charge in [0, 0.05) is 18.3 Å². The number of ether oxygens (including phenoxy) is 1. The van der Waals surface area contributed by atoms with Crippen LogP contribution in [0.3, 0.4) is 0 Å². The van der Waals surface area contributed by atoms with Gasteiger partial charge in [-0.15, -0.1) is 0 Å². The van der Waals surface area contributed by atoms with Crippen LogP contribution in [0, 0.1) is 13.8 Å². The van der Waals surface area contributed by atoms with Crippen LogP contribution in [0.2, 0.25) is 0 Å². The predicted molar refractivity (Wildman–Crippen MR) is 111 cm³/mol. The van der Waals surface area contributed by atoms with Gasteiger partial charge in [-0.25, -0.2) is 9.97 Å². The highest BCUT2D eigenvalue weighted by atomic mass is 16.5. The Kier molecular flexibility index (Phi) is 5.91. The third-order valence-corrected chi connectivity index (χ3v) is 4.06. The quantitative estimate of drug-likeness (QED) is 0.602. The summed E-state index contributed by atoms with van der Waals surface area (Å²) in [4.78, 5) is 8.96. The van der Waals surface area contributed by atoms with Gasteiger partial charge in [-0.05, 0) is 63.1 Å². The molecule has 5 heteroatoms. The van der Waals surface area contributed by atoms with Crippen molar-refractivity contribution in [2.75, 3.05) is 10.6 Å². The molecule has 0 bridgehead atoms. The Morgan fingerprint density at radius 2 is 1.63 bits per heavy atom. The molecule has 0 saturated carbocycles. The van der Waals surface area contributed by atoms with Crippen molar-refractivity contribution in [3.63, 3.8) is 0 Å². The number of rotatable bonds is 7. The highest BCUT2D eigenvalue weighted by molar-refractivity contribution is 5.60. The molecule has 1 aromatic heterocycles. The average molecular weight is 362 g/mol. The Balaban J connectivity index is 1.68. The van der Waals surface area contributed by atoms with E-state index >= 15 is 0 Å². The molecule has 0 fully saturated rings. The Morgan fingerprint density at radius 3 is 2.33 bits per heavy atom. The van der Waals surface area contributed by atoms with Crippen molar-refractivity contribution < 1.29 is 4.74 Å². The summed E-state index contributed by atoms with van der Waals surface area (Å²) in [6, 6.07) is 18.1. The second-order valence-corrected chi connectivity index (χ2v) is 6.78. The minimum absolute atomic E-state index is 0.162. The summed E-state index contributed by atoms with van der Waals surface area (Å²) < 4.78 is 5.68. The van der Waals surface area contributed by atoms with E-state index in [0.717, 1.165) is 29.6 Å². The van der Waals surface area contributed by atoms with Gasteiger partial charge < -0.3 is 15.4 Å². The number of nitrogens with one attached hydrogen (secondary N) is 2. The van der Waals surface area contributed by atoms with Crippen LogP contribution in [0.4, 0.5) is 17.3 Å². The van der Waals surface area contributed by atoms with Gasteiger partial charge in [-0.2, -0.15) is 0 Å². The largest absolute Gasteiger partial charge is 0.491 e. The molecule has 0 aliphatic carbocycles. The second-order valence-electron chi connectivity index (χ2n) is 6.78. The maximum atomic E-state index is 5.68. The van der Waals surface area contributed by atoms with Gasteiger partial charge >= 0.3 is 0 Å². The number of aromatic nitrogens is 2. The van der Waals surface area contributed by atoms with Crippen molar-refractivity contribution in [2.24, 2.45) is 0 Å². The second kappa shape index (κ2) is 8.54. The molecule has 0 aliphatic heterocycles. The summed E-state index contributed by atoms with van der Waals surface area (Å²) in [5, 5.41) is 6.72. The maximum absolute atomic E-state index is 5.68. The van der Waals surface area contributed by atoms with E-state index in [1.807, 2.05) is 57.2 Å². The lowest BCUT2D eigenvalue weighted by atomic mass is 10.1. The smallest absolute Gasteiger partial charge is 0.136 e. The molecule has 0 radical (unpaired) electrons. The zero-order valence-electron chi connectivity index (χ0n) is 16.3. The Bertz CT molecular complexity index is 891. The Morgan fingerprint density at radius 1 is 0.926 bits per heavy atom. The molecule has 2 N–H and O–H groups in total. The van der Waals surface area contributed by atoms with Crippen LogP contribution >= 0.6 is 0 Å². The summed E-state index contributed by atoms with van der Waals surface area (Å²) in [5.41, 5.74) is 3.47. The minimum Gasteiger partial charge on any atom is -0.491 e. The fourth-order valence-electron chi connectivity index (χ4n) is 2.75. The molecule has 27 heavy (non-hydrogen) atoms. The normalized spacial score (nSPS) is 10.7. The fourth-order valence-corrected chi connectivity index (χ4v) is 2.75. The summed E-state index contributed by atoms with van der Waals surface area (Å²) in [6.07, 6.45) is 0.162. The van der Waals surface area contributed by atoms with Crippen LogP contribution in [-0.2, 0) is 6.54 Å². The van der Waals surface area contributed by atoms with Gasteiger partial charge in [0.25, 0.3) is 0 Å². The van der Waals surface area contributed by atoms with Crippen molar-refractivity contribution in [3.8, 4) is 5.75 Å². The molecule has 3 aromatic rings. The van der Waals surface area contributed by atoms with Crippen LogP contribution in [0.25, 0.3) is 0 Å². The van der Waals surface area contributed by atoms with E-state index in [-0.39, 0.29) is 6.10 Å². The number of hydrogen-bond acceptors (Lipinski definition) is 5. The number of nitrogens with zero attached hydrogens (tertiary/aromatic N) is 2. The first kappa shape index (κ1) is 18.7. The molecule has 140 valence electrons. The van der Waals surface area contributed by atoms with Gasteiger partial charge in [-0.3, -0.25) is 0 Å². The maximum Gasteiger partial charge on any atom is 0.136 e. The van der Waals surface area contributed by atoms with Crippen molar-refractivity contribution in [1.29, 1.82) is 0 Å². The molecular formula is C22H26N4O. The number of anilines is 3. The number of benzene rings is 2. The molecule has 0 atom stereocenters. The standard InChI is InChI=1S/C22H26N4O/c1-15(2)27-20-11-9-19(10-12-20)26-22-13-21(24-17(4)25-22)23-14-18-8-6-5-7-16(18)3/h5-13,15H,14H2,1-4H3,(H2,23,24,25,26). The van der Waals surface area contributed by atoms with E-state index < -0.39 is 0 Å². The van der Waals surface area contributed by atoms with E-state index in [2.05, 4.69) is 45.7 Å². The summed E-state index contributed by atoms with van der Waals surface area (Å²) in [6.45, 7) is 8.76. The van der Waals surface area contributed by atoms with Crippen molar-refractivity contribution >= 4 is 17.3 Å². The van der Waals surface area contributed by atoms with Crippen molar-refractivity contribution in [1.82, 2.24) is 9.97 Å². The van der Waals surface area contributed by atoms with Gasteiger partial charge in [0.2, 0.25) is 0 Å². The highest BCUT2D eigenvalue weighted by Gasteiger charge is 2.05. The van der Waals surface area contributed by atoms with Gasteiger partial charge in [0.15, 0.2) is 0 Å². The van der Waals surface area contributed by atoms with Crippen LogP contribution in [0.15, 0.2) is 54.6 Å². The average Bonchev–Trinajstić information content (AvgIpc) is 2.62. The predicted octanol–water partition coefficient (Wildman–Crippen LogP) is 5.24. The monoisotopic (exact) mass is 362 g/mol. The highest BCUT2D eigenvalue weighted by Crippen LogP contribution is 2.21. The van der Waals surface area contributed by atoms with E-state index in [4.69, 9.17) is 4.74 Å². The topological polar surface area (TPSA) is 59.1 Å². The first-order chi connectivity index (χ1) is 13.0. The molecule has 1 heterocycles. The van der Waals surface area contributed by atoms with Gasteiger partial charge in [0.05, 0.1) is 6.10 Å². The van der Waals surface area contributed by atoms with Crippen LogP contribution in [0.5, 0.6) is 5.75 Å². The summed E-state index contributed by atoms with van der Waals surface area (Å²) >= 11 is 0.